The van der Waals surface area contributed by atoms with Crippen molar-refractivity contribution in [3.63, 3.8) is 0 Å². The highest BCUT2D eigenvalue weighted by molar-refractivity contribution is 5.73. The van der Waals surface area contributed by atoms with Crippen molar-refractivity contribution in [3.8, 4) is 5.75 Å². The Hall–Kier alpha value is -1.55. The number of hydrogen-bond acceptors (Lipinski definition) is 4. The molecule has 21 heavy (non-hydrogen) atoms. The Bertz CT molecular complexity index is 486. The van der Waals surface area contributed by atoms with Gasteiger partial charge >= 0.3 is 5.97 Å². The van der Waals surface area contributed by atoms with E-state index in [0.29, 0.717) is 6.42 Å². The quantitative estimate of drug-likeness (QED) is 0.647. The van der Waals surface area contributed by atoms with Crippen LogP contribution in [-0.2, 0) is 21.4 Å². The fourth-order valence-corrected chi connectivity index (χ4v) is 2.25. The summed E-state index contributed by atoms with van der Waals surface area (Å²) in [7, 11) is 1.67. The number of hydrogen-bond donors (Lipinski definition) is 1. The number of esters is 1. The van der Waals surface area contributed by atoms with Gasteiger partial charge in [0.05, 0.1) is 20.1 Å². The molecule has 0 aliphatic carbocycles. The first-order valence-electron chi connectivity index (χ1n) is 7.24. The summed E-state index contributed by atoms with van der Waals surface area (Å²) in [6.07, 6.45) is 0.708. The van der Waals surface area contributed by atoms with Crippen LogP contribution in [0.2, 0.25) is 0 Å². The molecule has 1 aromatic rings. The van der Waals surface area contributed by atoms with Crippen molar-refractivity contribution in [1.29, 1.82) is 0 Å². The maximum absolute atomic E-state index is 11.8. The fraction of sp³-hybridized carbons (Fsp3) is 0.588. The molecule has 1 N–H and O–H groups in total. The normalized spacial score (nSPS) is 11.3. The molecule has 4 heteroatoms. The number of carbonyl (C=O) groups excluding carboxylic acids is 1. The first-order chi connectivity index (χ1) is 9.79. The predicted molar refractivity (Wildman–Crippen MR) is 82.8 cm³/mol. The lowest BCUT2D eigenvalue weighted by Gasteiger charge is -2.24. The van der Waals surface area contributed by atoms with Crippen LogP contribution in [0.1, 0.15) is 43.9 Å². The average Bonchev–Trinajstić information content (AvgIpc) is 2.37. The first kappa shape index (κ1) is 17.5. The molecule has 0 spiro atoms. The first-order valence-corrected chi connectivity index (χ1v) is 7.24. The molecule has 0 amide bonds. The number of ether oxygens (including phenoxy) is 2. The Morgan fingerprint density at radius 3 is 2.48 bits per heavy atom. The standard InChI is InChI=1S/C17H26O4/c1-12-9-13(11-15(19)21-8-6-7-18)10-14(16(12)20-5)17(2,3)4/h9-10,18H,6-8,11H2,1-5H3. The summed E-state index contributed by atoms with van der Waals surface area (Å²) < 4.78 is 10.6. The highest BCUT2D eigenvalue weighted by Crippen LogP contribution is 2.35. The van der Waals surface area contributed by atoms with Gasteiger partial charge in [-0.1, -0.05) is 32.9 Å². The zero-order valence-electron chi connectivity index (χ0n) is 13.7. The molecule has 0 fully saturated rings. The minimum absolute atomic E-state index is 0.0308. The summed E-state index contributed by atoms with van der Waals surface area (Å²) in [6.45, 7) is 8.63. The van der Waals surface area contributed by atoms with Crippen LogP contribution in [0.25, 0.3) is 0 Å². The van der Waals surface area contributed by atoms with Crippen LogP contribution >= 0.6 is 0 Å². The van der Waals surface area contributed by atoms with Crippen LogP contribution in [0, 0.1) is 6.92 Å². The van der Waals surface area contributed by atoms with Gasteiger partial charge in [-0.25, -0.2) is 0 Å². The molecule has 0 unspecified atom stereocenters. The van der Waals surface area contributed by atoms with E-state index in [4.69, 9.17) is 14.6 Å². The topological polar surface area (TPSA) is 55.8 Å². The predicted octanol–water partition coefficient (Wildman–Crippen LogP) is 2.77. The van der Waals surface area contributed by atoms with Gasteiger partial charge in [0.2, 0.25) is 0 Å². The van der Waals surface area contributed by atoms with Gasteiger partial charge < -0.3 is 14.6 Å². The van der Waals surface area contributed by atoms with Crippen LogP contribution in [0.4, 0.5) is 0 Å². The average molecular weight is 294 g/mol. The summed E-state index contributed by atoms with van der Waals surface area (Å²) in [6, 6.07) is 3.97. The van der Waals surface area contributed by atoms with Crippen molar-refractivity contribution in [3.05, 3.63) is 28.8 Å². The van der Waals surface area contributed by atoms with Crippen LogP contribution in [0.5, 0.6) is 5.75 Å². The van der Waals surface area contributed by atoms with Crippen molar-refractivity contribution in [2.24, 2.45) is 0 Å². The summed E-state index contributed by atoms with van der Waals surface area (Å²) in [5.74, 6) is 0.604. The number of aryl methyl sites for hydroxylation is 1. The molecule has 0 radical (unpaired) electrons. The second-order valence-electron chi connectivity index (χ2n) is 6.22. The van der Waals surface area contributed by atoms with E-state index in [1.807, 2.05) is 19.1 Å². The lowest BCUT2D eigenvalue weighted by Crippen LogP contribution is -2.16. The lowest BCUT2D eigenvalue weighted by atomic mass is 9.84. The second-order valence-corrected chi connectivity index (χ2v) is 6.22. The Kier molecular flexibility index (Phi) is 6.21. The van der Waals surface area contributed by atoms with E-state index in [0.717, 1.165) is 22.4 Å². The molecular weight excluding hydrogens is 268 g/mol. The highest BCUT2D eigenvalue weighted by atomic mass is 16.5. The van der Waals surface area contributed by atoms with Crippen LogP contribution in [0.3, 0.4) is 0 Å². The Morgan fingerprint density at radius 1 is 1.29 bits per heavy atom. The number of rotatable bonds is 6. The molecule has 1 aromatic carbocycles. The third-order valence-corrected chi connectivity index (χ3v) is 3.26. The Labute approximate surface area is 127 Å². The van der Waals surface area contributed by atoms with Gasteiger partial charge in [-0.3, -0.25) is 4.79 Å². The largest absolute Gasteiger partial charge is 0.496 e. The van der Waals surface area contributed by atoms with Crippen molar-refractivity contribution >= 4 is 5.97 Å². The fourth-order valence-electron chi connectivity index (χ4n) is 2.25. The summed E-state index contributed by atoms with van der Waals surface area (Å²) in [5.41, 5.74) is 2.96. The smallest absolute Gasteiger partial charge is 0.310 e. The third-order valence-electron chi connectivity index (χ3n) is 3.26. The van der Waals surface area contributed by atoms with E-state index in [9.17, 15) is 4.79 Å². The number of aliphatic hydroxyl groups excluding tert-OH is 1. The van der Waals surface area contributed by atoms with Gasteiger partial charge in [0.15, 0.2) is 0 Å². The Balaban J connectivity index is 2.94. The maximum Gasteiger partial charge on any atom is 0.310 e. The molecule has 0 saturated heterocycles. The molecule has 0 bridgehead atoms. The number of carbonyl (C=O) groups is 1. The molecule has 1 rings (SSSR count). The van der Waals surface area contributed by atoms with Gasteiger partial charge in [0.1, 0.15) is 5.75 Å². The summed E-state index contributed by atoms with van der Waals surface area (Å²) >= 11 is 0. The molecule has 0 saturated carbocycles. The van der Waals surface area contributed by atoms with Crippen molar-refractivity contribution in [2.75, 3.05) is 20.3 Å². The van der Waals surface area contributed by atoms with Crippen molar-refractivity contribution in [1.82, 2.24) is 0 Å². The van der Waals surface area contributed by atoms with Gasteiger partial charge in [0, 0.05) is 18.6 Å². The van der Waals surface area contributed by atoms with Crippen molar-refractivity contribution in [2.45, 2.75) is 46.0 Å². The van der Waals surface area contributed by atoms with E-state index in [1.165, 1.54) is 0 Å². The van der Waals surface area contributed by atoms with E-state index >= 15 is 0 Å². The van der Waals surface area contributed by atoms with Gasteiger partial charge in [-0.2, -0.15) is 0 Å². The van der Waals surface area contributed by atoms with E-state index in [1.54, 1.807) is 7.11 Å². The summed E-state index contributed by atoms with van der Waals surface area (Å²) in [4.78, 5) is 11.8. The van der Waals surface area contributed by atoms with Crippen LogP contribution < -0.4 is 4.74 Å². The molecule has 0 aliphatic rings. The Morgan fingerprint density at radius 2 is 1.95 bits per heavy atom. The minimum atomic E-state index is -0.270. The highest BCUT2D eigenvalue weighted by Gasteiger charge is 2.21. The van der Waals surface area contributed by atoms with E-state index in [2.05, 4.69) is 20.8 Å². The zero-order chi connectivity index (χ0) is 16.0. The van der Waals surface area contributed by atoms with E-state index < -0.39 is 0 Å². The lowest BCUT2D eigenvalue weighted by molar-refractivity contribution is -0.143. The molecule has 0 atom stereocenters. The SMILES string of the molecule is COc1c(C)cc(CC(=O)OCCCO)cc1C(C)(C)C. The maximum atomic E-state index is 11.8. The molecule has 0 aliphatic heterocycles. The van der Waals surface area contributed by atoms with E-state index in [-0.39, 0.29) is 31.0 Å². The monoisotopic (exact) mass is 294 g/mol. The number of benzene rings is 1. The van der Waals surface area contributed by atoms with Crippen LogP contribution in [-0.4, -0.2) is 31.4 Å². The number of aliphatic hydroxyl groups is 1. The summed E-state index contributed by atoms with van der Waals surface area (Å²) in [5, 5.41) is 8.68. The van der Waals surface area contributed by atoms with Gasteiger partial charge in [-0.15, -0.1) is 0 Å². The van der Waals surface area contributed by atoms with Gasteiger partial charge in [-0.05, 0) is 23.5 Å². The second kappa shape index (κ2) is 7.46. The van der Waals surface area contributed by atoms with Gasteiger partial charge in [0.25, 0.3) is 0 Å². The molecule has 0 aromatic heterocycles. The zero-order valence-corrected chi connectivity index (χ0v) is 13.7. The molecular formula is C17H26O4. The minimum Gasteiger partial charge on any atom is -0.496 e. The third kappa shape index (κ3) is 5.05. The van der Waals surface area contributed by atoms with Crippen LogP contribution in [0.15, 0.2) is 12.1 Å². The van der Waals surface area contributed by atoms with Crippen molar-refractivity contribution < 1.29 is 19.4 Å². The molecule has 4 nitrogen and oxygen atoms in total. The molecule has 0 heterocycles. The molecule has 118 valence electrons. The number of methoxy groups -OCH3 is 1.